The van der Waals surface area contributed by atoms with Gasteiger partial charge in [-0.15, -0.1) is 0 Å². The van der Waals surface area contributed by atoms with Gasteiger partial charge in [0, 0.05) is 18.3 Å². The summed E-state index contributed by atoms with van der Waals surface area (Å²) < 4.78 is 13.4. The molecule has 0 saturated carbocycles. The molecule has 0 aliphatic carbocycles. The van der Waals surface area contributed by atoms with E-state index < -0.39 is 5.82 Å². The molecule has 6 heteroatoms. The molecule has 2 aromatic rings. The molecule has 0 fully saturated rings. The van der Waals surface area contributed by atoms with E-state index in [1.54, 1.807) is 31.3 Å². The van der Waals surface area contributed by atoms with Gasteiger partial charge in [-0.05, 0) is 36.4 Å². The molecule has 1 amide bonds. The fraction of sp³-hybridized carbons (Fsp3) is 0.0714. The van der Waals surface area contributed by atoms with Crippen LogP contribution in [0.25, 0.3) is 0 Å². The van der Waals surface area contributed by atoms with Gasteiger partial charge in [0.15, 0.2) is 0 Å². The summed E-state index contributed by atoms with van der Waals surface area (Å²) in [6, 6.07) is 9.14. The molecule has 4 nitrogen and oxygen atoms in total. The first kappa shape index (κ1) is 14.1. The van der Waals surface area contributed by atoms with Crippen molar-refractivity contribution >= 4 is 34.6 Å². The van der Waals surface area contributed by atoms with E-state index in [1.165, 1.54) is 12.1 Å². The summed E-state index contributed by atoms with van der Waals surface area (Å²) in [6.07, 6.45) is 0. The highest BCUT2D eigenvalue weighted by atomic mass is 35.5. The van der Waals surface area contributed by atoms with Crippen LogP contribution in [0, 0.1) is 5.82 Å². The molecular weight excluding hydrogens is 281 g/mol. The maximum Gasteiger partial charge on any atom is 0.251 e. The summed E-state index contributed by atoms with van der Waals surface area (Å²) >= 11 is 5.62. The standard InChI is InChI=1S/C14H13ClFN3O/c1-18-14(20)8-2-5-12(17)13(6-8)19-9-3-4-10(15)11(16)7-9/h2-7,19H,17H2,1H3,(H,18,20). The molecule has 0 heterocycles. The predicted octanol–water partition coefficient (Wildman–Crippen LogP) is 3.16. The average molecular weight is 294 g/mol. The van der Waals surface area contributed by atoms with Crippen LogP contribution in [0.5, 0.6) is 0 Å². The molecule has 0 unspecified atom stereocenters. The molecule has 4 N–H and O–H groups in total. The molecule has 2 rings (SSSR count). The number of rotatable bonds is 3. The molecule has 0 radical (unpaired) electrons. The highest BCUT2D eigenvalue weighted by Gasteiger charge is 2.08. The Labute approximate surface area is 120 Å². The normalized spacial score (nSPS) is 10.2. The maximum atomic E-state index is 13.4. The van der Waals surface area contributed by atoms with Crippen LogP contribution in [0.1, 0.15) is 10.4 Å². The Morgan fingerprint density at radius 2 is 2.00 bits per heavy atom. The number of nitrogen functional groups attached to an aromatic ring is 1. The van der Waals surface area contributed by atoms with E-state index in [9.17, 15) is 9.18 Å². The lowest BCUT2D eigenvalue weighted by atomic mass is 10.1. The van der Waals surface area contributed by atoms with Crippen LogP contribution in [-0.2, 0) is 0 Å². The largest absolute Gasteiger partial charge is 0.397 e. The SMILES string of the molecule is CNC(=O)c1ccc(N)c(Nc2ccc(Cl)c(F)c2)c1. The van der Waals surface area contributed by atoms with Crippen LogP contribution in [0.2, 0.25) is 5.02 Å². The predicted molar refractivity (Wildman–Crippen MR) is 78.9 cm³/mol. The maximum absolute atomic E-state index is 13.4. The van der Waals surface area contributed by atoms with Gasteiger partial charge in [-0.3, -0.25) is 4.79 Å². The van der Waals surface area contributed by atoms with Crippen molar-refractivity contribution in [2.45, 2.75) is 0 Å². The van der Waals surface area contributed by atoms with Gasteiger partial charge in [-0.2, -0.15) is 0 Å². The van der Waals surface area contributed by atoms with Gasteiger partial charge in [0.1, 0.15) is 5.82 Å². The van der Waals surface area contributed by atoms with E-state index in [4.69, 9.17) is 17.3 Å². The van der Waals surface area contributed by atoms with E-state index >= 15 is 0 Å². The number of carbonyl (C=O) groups is 1. The van der Waals surface area contributed by atoms with Crippen LogP contribution in [0.4, 0.5) is 21.5 Å². The van der Waals surface area contributed by atoms with Gasteiger partial charge >= 0.3 is 0 Å². The van der Waals surface area contributed by atoms with E-state index in [0.717, 1.165) is 0 Å². The lowest BCUT2D eigenvalue weighted by Crippen LogP contribution is -2.17. The molecule has 0 atom stereocenters. The molecule has 0 aliphatic rings. The fourth-order valence-electron chi connectivity index (χ4n) is 1.68. The van der Waals surface area contributed by atoms with Gasteiger partial charge in [0.2, 0.25) is 0 Å². The van der Waals surface area contributed by atoms with E-state index in [-0.39, 0.29) is 10.9 Å². The molecule has 0 bridgehead atoms. The van der Waals surface area contributed by atoms with Crippen LogP contribution in [-0.4, -0.2) is 13.0 Å². The number of amides is 1. The van der Waals surface area contributed by atoms with Crippen LogP contribution in [0.15, 0.2) is 36.4 Å². The van der Waals surface area contributed by atoms with Gasteiger partial charge < -0.3 is 16.4 Å². The highest BCUT2D eigenvalue weighted by Crippen LogP contribution is 2.26. The van der Waals surface area contributed by atoms with Crippen molar-refractivity contribution in [3.05, 3.63) is 52.8 Å². The number of halogens is 2. The third-order valence-electron chi connectivity index (χ3n) is 2.74. The van der Waals surface area contributed by atoms with E-state index in [2.05, 4.69) is 10.6 Å². The Kier molecular flexibility index (Phi) is 4.10. The zero-order valence-corrected chi connectivity index (χ0v) is 11.5. The number of nitrogens with two attached hydrogens (primary N) is 1. The van der Waals surface area contributed by atoms with Crippen LogP contribution in [0.3, 0.4) is 0 Å². The zero-order chi connectivity index (χ0) is 14.7. The number of carbonyl (C=O) groups excluding carboxylic acids is 1. The second-order valence-corrected chi connectivity index (χ2v) is 4.54. The average Bonchev–Trinajstić information content (AvgIpc) is 2.44. The third-order valence-corrected chi connectivity index (χ3v) is 3.05. The molecule has 0 saturated heterocycles. The van der Waals surface area contributed by atoms with Gasteiger partial charge in [0.05, 0.1) is 16.4 Å². The number of nitrogens with one attached hydrogen (secondary N) is 2. The summed E-state index contributed by atoms with van der Waals surface area (Å²) in [5.41, 5.74) is 7.76. The first-order valence-electron chi connectivity index (χ1n) is 5.85. The second kappa shape index (κ2) is 5.79. The Hall–Kier alpha value is -2.27. The third kappa shape index (κ3) is 3.00. The minimum Gasteiger partial charge on any atom is -0.397 e. The van der Waals surface area contributed by atoms with Crippen molar-refractivity contribution in [3.8, 4) is 0 Å². The molecule has 0 aliphatic heterocycles. The summed E-state index contributed by atoms with van der Waals surface area (Å²) in [5, 5.41) is 5.52. The lowest BCUT2D eigenvalue weighted by molar-refractivity contribution is 0.0963. The van der Waals surface area contributed by atoms with Crippen molar-refractivity contribution in [1.82, 2.24) is 5.32 Å². The van der Waals surface area contributed by atoms with E-state index in [1.807, 2.05) is 0 Å². The van der Waals surface area contributed by atoms with Crippen molar-refractivity contribution in [2.75, 3.05) is 18.1 Å². The number of hydrogen-bond acceptors (Lipinski definition) is 3. The van der Waals surface area contributed by atoms with Crippen LogP contribution >= 0.6 is 11.6 Å². The summed E-state index contributed by atoms with van der Waals surface area (Å²) in [4.78, 5) is 11.6. The molecular formula is C14H13ClFN3O. The Morgan fingerprint density at radius 1 is 1.25 bits per heavy atom. The second-order valence-electron chi connectivity index (χ2n) is 4.14. The molecule has 2 aromatic carbocycles. The Balaban J connectivity index is 2.32. The first-order valence-corrected chi connectivity index (χ1v) is 6.22. The summed E-state index contributed by atoms with van der Waals surface area (Å²) in [6.45, 7) is 0. The van der Waals surface area contributed by atoms with Crippen LogP contribution < -0.4 is 16.4 Å². The Morgan fingerprint density at radius 3 is 2.65 bits per heavy atom. The number of anilines is 3. The lowest BCUT2D eigenvalue weighted by Gasteiger charge is -2.11. The molecule has 0 aromatic heterocycles. The van der Waals surface area contributed by atoms with Gasteiger partial charge in [0.25, 0.3) is 5.91 Å². The smallest absolute Gasteiger partial charge is 0.251 e. The summed E-state index contributed by atoms with van der Waals surface area (Å²) in [7, 11) is 1.54. The number of hydrogen-bond donors (Lipinski definition) is 3. The van der Waals surface area contributed by atoms with Crippen molar-refractivity contribution in [1.29, 1.82) is 0 Å². The highest BCUT2D eigenvalue weighted by molar-refractivity contribution is 6.30. The molecule has 104 valence electrons. The minimum absolute atomic E-state index is 0.0441. The first-order chi connectivity index (χ1) is 9.51. The molecule has 20 heavy (non-hydrogen) atoms. The monoisotopic (exact) mass is 293 g/mol. The number of benzene rings is 2. The fourth-order valence-corrected chi connectivity index (χ4v) is 1.80. The quantitative estimate of drug-likeness (QED) is 0.762. The topological polar surface area (TPSA) is 67.2 Å². The minimum atomic E-state index is -0.530. The summed E-state index contributed by atoms with van der Waals surface area (Å²) in [5.74, 6) is -0.756. The van der Waals surface area contributed by atoms with Gasteiger partial charge in [-0.1, -0.05) is 11.6 Å². The molecule has 0 spiro atoms. The van der Waals surface area contributed by atoms with E-state index in [0.29, 0.717) is 22.6 Å². The zero-order valence-electron chi connectivity index (χ0n) is 10.7. The van der Waals surface area contributed by atoms with Crippen molar-refractivity contribution in [3.63, 3.8) is 0 Å². The van der Waals surface area contributed by atoms with Crippen molar-refractivity contribution < 1.29 is 9.18 Å². The Bertz CT molecular complexity index is 661. The van der Waals surface area contributed by atoms with Crippen molar-refractivity contribution in [2.24, 2.45) is 0 Å². The van der Waals surface area contributed by atoms with Gasteiger partial charge in [-0.25, -0.2) is 4.39 Å².